The van der Waals surface area contributed by atoms with Gasteiger partial charge in [0.25, 0.3) is 11.5 Å². The number of aryl methyl sites for hydroxylation is 1. The molecule has 0 saturated heterocycles. The van der Waals surface area contributed by atoms with Crippen LogP contribution < -0.4 is 10.9 Å². The van der Waals surface area contributed by atoms with E-state index in [1.54, 1.807) is 36.4 Å². The number of carbonyl (C=O) groups is 1. The van der Waals surface area contributed by atoms with E-state index in [4.69, 9.17) is 11.6 Å². The van der Waals surface area contributed by atoms with Gasteiger partial charge in [-0.1, -0.05) is 37.1 Å². The predicted octanol–water partition coefficient (Wildman–Crippen LogP) is 5.18. The summed E-state index contributed by atoms with van der Waals surface area (Å²) in [7, 11) is 0. The van der Waals surface area contributed by atoms with E-state index in [1.807, 2.05) is 24.3 Å². The van der Waals surface area contributed by atoms with Crippen LogP contribution in [-0.4, -0.2) is 15.5 Å². The second kappa shape index (κ2) is 7.97. The molecule has 2 N–H and O–H groups in total. The van der Waals surface area contributed by atoms with Gasteiger partial charge in [0.15, 0.2) is 0 Å². The molecule has 2 heterocycles. The van der Waals surface area contributed by atoms with Gasteiger partial charge >= 0.3 is 0 Å². The third-order valence-corrected chi connectivity index (χ3v) is 5.01. The molecule has 2 aromatic carbocycles. The second-order valence-electron chi connectivity index (χ2n) is 6.87. The first-order chi connectivity index (χ1) is 14.0. The molecule has 4 aromatic rings. The van der Waals surface area contributed by atoms with Crippen LogP contribution in [0.1, 0.15) is 29.4 Å². The first kappa shape index (κ1) is 19.0. The molecule has 6 heteroatoms. The van der Waals surface area contributed by atoms with Crippen LogP contribution >= 0.6 is 11.6 Å². The zero-order valence-corrected chi connectivity index (χ0v) is 16.7. The number of pyridine rings is 1. The Kier molecular flexibility index (Phi) is 5.23. The van der Waals surface area contributed by atoms with E-state index in [9.17, 15) is 9.59 Å². The quantitative estimate of drug-likeness (QED) is 0.480. The molecule has 0 aliphatic heterocycles. The van der Waals surface area contributed by atoms with Gasteiger partial charge in [0.2, 0.25) is 0 Å². The molecular weight excluding hydrogens is 386 g/mol. The lowest BCUT2D eigenvalue weighted by atomic mass is 10.1. The molecule has 1 amide bonds. The highest BCUT2D eigenvalue weighted by atomic mass is 35.5. The maximum absolute atomic E-state index is 12.7. The minimum atomic E-state index is -0.264. The van der Waals surface area contributed by atoms with Crippen LogP contribution in [0.3, 0.4) is 0 Å². The van der Waals surface area contributed by atoms with Crippen LogP contribution in [0.2, 0.25) is 5.02 Å². The second-order valence-corrected chi connectivity index (χ2v) is 7.31. The summed E-state index contributed by atoms with van der Waals surface area (Å²) in [6, 6.07) is 19.7. The van der Waals surface area contributed by atoms with Crippen molar-refractivity contribution in [2.24, 2.45) is 0 Å². The number of rotatable bonds is 5. The Labute approximate surface area is 173 Å². The van der Waals surface area contributed by atoms with E-state index in [2.05, 4.69) is 17.2 Å². The molecule has 0 atom stereocenters. The standard InChI is InChI=1S/C23H20ClN3O2/c1-2-3-15-4-9-18(10-5-15)25-23(29)20-14-16-6-13-21(28)27(22(16)26-20)19-11-7-17(24)8-12-19/h4-14,26H,2-3H2,1H3,(H,25,29). The van der Waals surface area contributed by atoms with E-state index in [1.165, 1.54) is 16.2 Å². The van der Waals surface area contributed by atoms with Crippen LogP contribution in [0.4, 0.5) is 5.69 Å². The Bertz CT molecular complexity index is 1220. The lowest BCUT2D eigenvalue weighted by molar-refractivity contribution is 0.102. The molecule has 0 saturated carbocycles. The summed E-state index contributed by atoms with van der Waals surface area (Å²) in [5.74, 6) is -0.264. The van der Waals surface area contributed by atoms with Gasteiger partial charge in [-0.25, -0.2) is 0 Å². The molecule has 29 heavy (non-hydrogen) atoms. The van der Waals surface area contributed by atoms with Crippen molar-refractivity contribution >= 4 is 34.2 Å². The predicted molar refractivity (Wildman–Crippen MR) is 117 cm³/mol. The SMILES string of the molecule is CCCc1ccc(NC(=O)c2cc3ccc(=O)n(-c4ccc(Cl)cc4)c3[nH]2)cc1. The number of nitrogens with one attached hydrogen (secondary N) is 2. The maximum Gasteiger partial charge on any atom is 0.272 e. The first-order valence-corrected chi connectivity index (χ1v) is 9.84. The van der Waals surface area contributed by atoms with Gasteiger partial charge in [-0.15, -0.1) is 0 Å². The first-order valence-electron chi connectivity index (χ1n) is 9.46. The van der Waals surface area contributed by atoms with Crippen molar-refractivity contribution in [3.63, 3.8) is 0 Å². The lowest BCUT2D eigenvalue weighted by Gasteiger charge is -2.07. The van der Waals surface area contributed by atoms with Gasteiger partial charge in [-0.05, 0) is 60.5 Å². The summed E-state index contributed by atoms with van der Waals surface area (Å²) in [6.45, 7) is 2.13. The van der Waals surface area contributed by atoms with E-state index in [-0.39, 0.29) is 11.5 Å². The maximum atomic E-state index is 12.7. The number of halogens is 1. The van der Waals surface area contributed by atoms with Gasteiger partial charge in [0, 0.05) is 22.2 Å². The number of H-pyrrole nitrogens is 1. The Morgan fingerprint density at radius 2 is 1.76 bits per heavy atom. The third-order valence-electron chi connectivity index (χ3n) is 4.76. The van der Waals surface area contributed by atoms with Crippen LogP contribution in [0.5, 0.6) is 0 Å². The number of aromatic nitrogens is 2. The van der Waals surface area contributed by atoms with Gasteiger partial charge in [-0.2, -0.15) is 0 Å². The van der Waals surface area contributed by atoms with Crippen molar-refractivity contribution in [1.82, 2.24) is 9.55 Å². The van der Waals surface area contributed by atoms with Crippen molar-refractivity contribution in [3.05, 3.63) is 93.4 Å². The van der Waals surface area contributed by atoms with Gasteiger partial charge < -0.3 is 10.3 Å². The van der Waals surface area contributed by atoms with Crippen molar-refractivity contribution in [3.8, 4) is 5.69 Å². The summed E-state index contributed by atoms with van der Waals surface area (Å²) < 4.78 is 1.53. The summed E-state index contributed by atoms with van der Waals surface area (Å²) in [5.41, 5.74) is 3.38. The topological polar surface area (TPSA) is 66.9 Å². The van der Waals surface area contributed by atoms with Gasteiger partial charge in [0.1, 0.15) is 11.3 Å². The number of aromatic amines is 1. The lowest BCUT2D eigenvalue weighted by Crippen LogP contribution is -2.17. The number of fused-ring (bicyclic) bond motifs is 1. The zero-order valence-electron chi connectivity index (χ0n) is 15.9. The van der Waals surface area contributed by atoms with Gasteiger partial charge in [-0.3, -0.25) is 14.2 Å². The molecule has 0 unspecified atom stereocenters. The van der Waals surface area contributed by atoms with Crippen LogP contribution in [0.15, 0.2) is 71.5 Å². The van der Waals surface area contributed by atoms with Gasteiger partial charge in [0.05, 0.1) is 5.69 Å². The molecule has 0 radical (unpaired) electrons. The summed E-state index contributed by atoms with van der Waals surface area (Å²) in [5, 5.41) is 4.25. The highest BCUT2D eigenvalue weighted by Crippen LogP contribution is 2.20. The van der Waals surface area contributed by atoms with Crippen molar-refractivity contribution < 1.29 is 4.79 Å². The zero-order chi connectivity index (χ0) is 20.4. The van der Waals surface area contributed by atoms with E-state index >= 15 is 0 Å². The minimum Gasteiger partial charge on any atom is -0.336 e. The number of hydrogen-bond donors (Lipinski definition) is 2. The van der Waals surface area contributed by atoms with Crippen molar-refractivity contribution in [2.75, 3.05) is 5.32 Å². The molecular formula is C23H20ClN3O2. The molecule has 4 rings (SSSR count). The third kappa shape index (κ3) is 3.96. The van der Waals surface area contributed by atoms with E-state index < -0.39 is 0 Å². The van der Waals surface area contributed by atoms with Crippen molar-refractivity contribution in [1.29, 1.82) is 0 Å². The van der Waals surface area contributed by atoms with Crippen LogP contribution in [-0.2, 0) is 6.42 Å². The average Bonchev–Trinajstić information content (AvgIpc) is 3.15. The molecule has 5 nitrogen and oxygen atoms in total. The summed E-state index contributed by atoms with van der Waals surface area (Å²) in [6.07, 6.45) is 2.09. The number of carbonyl (C=O) groups excluding carboxylic acids is 1. The summed E-state index contributed by atoms with van der Waals surface area (Å²) in [4.78, 5) is 28.3. The number of anilines is 1. The molecule has 0 fully saturated rings. The normalized spacial score (nSPS) is 11.0. The number of hydrogen-bond acceptors (Lipinski definition) is 2. The monoisotopic (exact) mass is 405 g/mol. The largest absolute Gasteiger partial charge is 0.336 e. The minimum absolute atomic E-state index is 0.194. The highest BCUT2D eigenvalue weighted by molar-refractivity contribution is 6.30. The number of amides is 1. The molecule has 0 aliphatic rings. The Morgan fingerprint density at radius 1 is 1.03 bits per heavy atom. The number of nitrogens with zero attached hydrogens (tertiary/aromatic N) is 1. The smallest absolute Gasteiger partial charge is 0.272 e. The highest BCUT2D eigenvalue weighted by Gasteiger charge is 2.14. The molecule has 0 spiro atoms. The number of benzene rings is 2. The fourth-order valence-corrected chi connectivity index (χ4v) is 3.45. The molecule has 146 valence electrons. The fraction of sp³-hybridized carbons (Fsp3) is 0.130. The van der Waals surface area contributed by atoms with E-state index in [0.29, 0.717) is 22.1 Å². The van der Waals surface area contributed by atoms with E-state index in [0.717, 1.165) is 23.9 Å². The Morgan fingerprint density at radius 3 is 2.45 bits per heavy atom. The molecule has 2 aromatic heterocycles. The Hall–Kier alpha value is -3.31. The Balaban J connectivity index is 1.66. The fourth-order valence-electron chi connectivity index (χ4n) is 3.33. The molecule has 0 bridgehead atoms. The summed E-state index contributed by atoms with van der Waals surface area (Å²) >= 11 is 5.96. The van der Waals surface area contributed by atoms with Crippen LogP contribution in [0, 0.1) is 0 Å². The van der Waals surface area contributed by atoms with Crippen molar-refractivity contribution in [2.45, 2.75) is 19.8 Å². The molecule has 0 aliphatic carbocycles. The van der Waals surface area contributed by atoms with Crippen LogP contribution in [0.25, 0.3) is 16.7 Å². The average molecular weight is 406 g/mol.